The van der Waals surface area contributed by atoms with Gasteiger partial charge in [-0.05, 0) is 64.8 Å². The molecule has 1 heterocycles. The first-order chi connectivity index (χ1) is 10.5. The Hall–Kier alpha value is -1.95. The topological polar surface area (TPSA) is 75.4 Å². The third kappa shape index (κ3) is 3.69. The molecule has 2 amide bonds. The second-order valence-corrected chi connectivity index (χ2v) is 7.39. The maximum atomic E-state index is 12.9. The van der Waals surface area contributed by atoms with Crippen LogP contribution in [0.4, 0.5) is 10.1 Å². The number of anilines is 1. The Morgan fingerprint density at radius 3 is 2.09 bits per heavy atom. The predicted octanol–water partition coefficient (Wildman–Crippen LogP) is 2.27. The van der Waals surface area contributed by atoms with E-state index in [1.165, 1.54) is 24.3 Å². The summed E-state index contributed by atoms with van der Waals surface area (Å²) in [5.74, 6) is -1.73. The van der Waals surface area contributed by atoms with Crippen LogP contribution in [0.2, 0.25) is 0 Å². The summed E-state index contributed by atoms with van der Waals surface area (Å²) in [6.45, 7) is 7.65. The number of nitrogens with two attached hydrogens (primary N) is 1. The van der Waals surface area contributed by atoms with Crippen molar-refractivity contribution < 1.29 is 14.0 Å². The van der Waals surface area contributed by atoms with Crippen LogP contribution in [0.3, 0.4) is 0 Å². The third-order valence-corrected chi connectivity index (χ3v) is 4.23. The largest absolute Gasteiger partial charge is 0.328 e. The number of nitrogens with zero attached hydrogens (tertiary/aromatic N) is 1. The van der Waals surface area contributed by atoms with Gasteiger partial charge in [0.05, 0.1) is 0 Å². The molecule has 0 saturated carbocycles. The van der Waals surface area contributed by atoms with Gasteiger partial charge in [-0.1, -0.05) is 0 Å². The normalized spacial score (nSPS) is 20.2. The first-order valence-corrected chi connectivity index (χ1v) is 7.70. The van der Waals surface area contributed by atoms with Crippen LogP contribution in [0.5, 0.6) is 0 Å². The van der Waals surface area contributed by atoms with Crippen LogP contribution in [-0.4, -0.2) is 33.8 Å². The Kier molecular flexibility index (Phi) is 4.48. The van der Waals surface area contributed by atoms with Crippen molar-refractivity contribution in [3.63, 3.8) is 0 Å². The fourth-order valence-corrected chi connectivity index (χ4v) is 3.73. The van der Waals surface area contributed by atoms with Crippen LogP contribution in [0.25, 0.3) is 0 Å². The monoisotopic (exact) mass is 321 g/mol. The van der Waals surface area contributed by atoms with Crippen molar-refractivity contribution in [2.24, 2.45) is 5.73 Å². The van der Waals surface area contributed by atoms with Gasteiger partial charge in [0.25, 0.3) is 0 Å². The summed E-state index contributed by atoms with van der Waals surface area (Å²) < 4.78 is 12.9. The fourth-order valence-electron chi connectivity index (χ4n) is 3.73. The van der Waals surface area contributed by atoms with Crippen LogP contribution in [0.1, 0.15) is 40.5 Å². The van der Waals surface area contributed by atoms with Gasteiger partial charge in [0.1, 0.15) is 5.82 Å². The molecule has 0 aromatic heterocycles. The number of benzene rings is 1. The van der Waals surface area contributed by atoms with E-state index in [1.54, 1.807) is 4.90 Å². The van der Waals surface area contributed by atoms with E-state index in [1.807, 2.05) is 27.7 Å². The number of halogens is 1. The van der Waals surface area contributed by atoms with E-state index in [0.29, 0.717) is 18.5 Å². The molecule has 23 heavy (non-hydrogen) atoms. The minimum absolute atomic E-state index is 0.00999. The molecule has 6 heteroatoms. The molecule has 1 aromatic rings. The summed E-state index contributed by atoms with van der Waals surface area (Å²) in [6.07, 6.45) is 1.26. The van der Waals surface area contributed by atoms with Gasteiger partial charge in [-0.15, -0.1) is 0 Å². The molecule has 0 radical (unpaired) electrons. The minimum Gasteiger partial charge on any atom is -0.328 e. The standard InChI is InChI=1S/C17H24FN3O2/c1-16(2)9-12(19)10-17(3,4)21(16)15(23)14(22)20-13-7-5-11(18)6-8-13/h5-8,12H,9-10,19H2,1-4H3,(H,20,22). The summed E-state index contributed by atoms with van der Waals surface area (Å²) in [6, 6.07) is 5.29. The Morgan fingerprint density at radius 1 is 1.13 bits per heavy atom. The number of likely N-dealkylation sites (tertiary alicyclic amines) is 1. The van der Waals surface area contributed by atoms with Gasteiger partial charge < -0.3 is 16.0 Å². The predicted molar refractivity (Wildman–Crippen MR) is 87.2 cm³/mol. The van der Waals surface area contributed by atoms with E-state index in [0.717, 1.165) is 0 Å². The Morgan fingerprint density at radius 2 is 1.61 bits per heavy atom. The highest BCUT2D eigenvalue weighted by atomic mass is 19.1. The SMILES string of the molecule is CC1(C)CC(N)CC(C)(C)N1C(=O)C(=O)Nc1ccc(F)cc1. The number of hydrogen-bond donors (Lipinski definition) is 2. The van der Waals surface area contributed by atoms with Crippen LogP contribution >= 0.6 is 0 Å². The van der Waals surface area contributed by atoms with Gasteiger partial charge in [0, 0.05) is 22.8 Å². The van der Waals surface area contributed by atoms with E-state index in [-0.39, 0.29) is 6.04 Å². The average Bonchev–Trinajstić information content (AvgIpc) is 2.37. The van der Waals surface area contributed by atoms with Gasteiger partial charge in [0.2, 0.25) is 0 Å². The molecule has 3 N–H and O–H groups in total. The van der Waals surface area contributed by atoms with E-state index in [4.69, 9.17) is 5.73 Å². The molecule has 1 saturated heterocycles. The Balaban J connectivity index is 2.20. The van der Waals surface area contributed by atoms with Crippen molar-refractivity contribution in [3.8, 4) is 0 Å². The van der Waals surface area contributed by atoms with Gasteiger partial charge in [0.15, 0.2) is 0 Å². The maximum absolute atomic E-state index is 12.9. The number of amides is 2. The number of nitrogens with one attached hydrogen (secondary N) is 1. The average molecular weight is 321 g/mol. The number of carbonyl (C=O) groups is 2. The van der Waals surface area contributed by atoms with Crippen LogP contribution in [0, 0.1) is 5.82 Å². The number of piperidine rings is 1. The summed E-state index contributed by atoms with van der Waals surface area (Å²) in [7, 11) is 0. The van der Waals surface area contributed by atoms with Crippen LogP contribution in [-0.2, 0) is 9.59 Å². The molecule has 0 unspecified atom stereocenters. The highest BCUT2D eigenvalue weighted by Gasteiger charge is 2.48. The number of carbonyl (C=O) groups excluding carboxylic acids is 2. The van der Waals surface area contributed by atoms with Crippen LogP contribution in [0.15, 0.2) is 24.3 Å². The lowest BCUT2D eigenvalue weighted by Gasteiger charge is -2.54. The zero-order chi connectivity index (χ0) is 17.4. The lowest BCUT2D eigenvalue weighted by atomic mass is 9.77. The lowest BCUT2D eigenvalue weighted by Crippen LogP contribution is -2.66. The first kappa shape index (κ1) is 17.4. The Labute approximate surface area is 136 Å². The second-order valence-electron chi connectivity index (χ2n) is 7.39. The first-order valence-electron chi connectivity index (χ1n) is 7.70. The molecule has 5 nitrogen and oxygen atoms in total. The molecule has 0 aliphatic carbocycles. The van der Waals surface area contributed by atoms with E-state index < -0.39 is 28.7 Å². The fraction of sp³-hybridized carbons (Fsp3) is 0.529. The van der Waals surface area contributed by atoms with Gasteiger partial charge in [-0.25, -0.2) is 4.39 Å². The minimum atomic E-state index is -0.728. The van der Waals surface area contributed by atoms with Crippen molar-refractivity contribution in [2.45, 2.75) is 57.7 Å². The summed E-state index contributed by atoms with van der Waals surface area (Å²) in [5.41, 5.74) is 5.44. The molecule has 1 fully saturated rings. The van der Waals surface area contributed by atoms with Gasteiger partial charge in [-0.2, -0.15) is 0 Å². The molecular weight excluding hydrogens is 297 g/mol. The third-order valence-electron chi connectivity index (χ3n) is 4.23. The van der Waals surface area contributed by atoms with Crippen molar-refractivity contribution in [1.29, 1.82) is 0 Å². The number of hydrogen-bond acceptors (Lipinski definition) is 3. The van der Waals surface area contributed by atoms with Crippen molar-refractivity contribution in [3.05, 3.63) is 30.1 Å². The van der Waals surface area contributed by atoms with E-state index in [9.17, 15) is 14.0 Å². The van der Waals surface area contributed by atoms with E-state index in [2.05, 4.69) is 5.32 Å². The molecular formula is C17H24FN3O2. The molecule has 1 aromatic carbocycles. The van der Waals surface area contributed by atoms with E-state index >= 15 is 0 Å². The summed E-state index contributed by atoms with van der Waals surface area (Å²) in [4.78, 5) is 26.6. The molecule has 1 aliphatic heterocycles. The van der Waals surface area contributed by atoms with Crippen molar-refractivity contribution in [1.82, 2.24) is 4.90 Å². The molecule has 0 atom stereocenters. The zero-order valence-electron chi connectivity index (χ0n) is 14.0. The molecule has 126 valence electrons. The van der Waals surface area contributed by atoms with Crippen molar-refractivity contribution in [2.75, 3.05) is 5.32 Å². The van der Waals surface area contributed by atoms with Crippen LogP contribution < -0.4 is 11.1 Å². The highest BCUT2D eigenvalue weighted by Crippen LogP contribution is 2.37. The smallest absolute Gasteiger partial charge is 0.313 e. The summed E-state index contributed by atoms with van der Waals surface area (Å²) >= 11 is 0. The zero-order valence-corrected chi connectivity index (χ0v) is 14.0. The van der Waals surface area contributed by atoms with Gasteiger partial charge >= 0.3 is 11.8 Å². The summed E-state index contributed by atoms with van der Waals surface area (Å²) in [5, 5.41) is 2.52. The molecule has 0 bridgehead atoms. The lowest BCUT2D eigenvalue weighted by molar-refractivity contribution is -0.156. The second kappa shape index (κ2) is 5.92. The molecule has 1 aliphatic rings. The highest BCUT2D eigenvalue weighted by molar-refractivity contribution is 6.39. The Bertz CT molecular complexity index is 593. The molecule has 2 rings (SSSR count). The number of rotatable bonds is 1. The van der Waals surface area contributed by atoms with Gasteiger partial charge in [-0.3, -0.25) is 9.59 Å². The maximum Gasteiger partial charge on any atom is 0.313 e. The molecule has 0 spiro atoms. The quantitative estimate of drug-likeness (QED) is 0.779. The van der Waals surface area contributed by atoms with Crippen molar-refractivity contribution >= 4 is 17.5 Å².